The van der Waals surface area contributed by atoms with Crippen molar-refractivity contribution in [2.24, 2.45) is 5.41 Å². The van der Waals surface area contributed by atoms with Crippen LogP contribution in [0.25, 0.3) is 0 Å². The molecule has 0 fully saturated rings. The van der Waals surface area contributed by atoms with Crippen LogP contribution in [0.1, 0.15) is 33.6 Å². The molecule has 0 heterocycles. The van der Waals surface area contributed by atoms with E-state index in [1.165, 1.54) is 6.42 Å². The standard InChI is InChI=1S/C9H19BrO/c1-8(11-4)7-9(2,3)5-6-10/h8H,5-7H2,1-4H3. The molecular weight excluding hydrogens is 204 g/mol. The number of halogens is 1. The lowest BCUT2D eigenvalue weighted by Crippen LogP contribution is -2.20. The van der Waals surface area contributed by atoms with Crippen molar-refractivity contribution in [2.45, 2.75) is 39.7 Å². The number of hydrogen-bond acceptors (Lipinski definition) is 1. The lowest BCUT2D eigenvalue weighted by molar-refractivity contribution is 0.0747. The second-order valence-corrected chi connectivity index (χ2v) is 4.65. The predicted octanol–water partition coefficient (Wildman–Crippen LogP) is 3.22. The Morgan fingerprint density at radius 1 is 1.45 bits per heavy atom. The maximum atomic E-state index is 5.22. The molecule has 0 bridgehead atoms. The highest BCUT2D eigenvalue weighted by atomic mass is 79.9. The fourth-order valence-corrected chi connectivity index (χ4v) is 2.29. The number of methoxy groups -OCH3 is 1. The monoisotopic (exact) mass is 222 g/mol. The number of rotatable bonds is 5. The first-order valence-corrected chi connectivity index (χ1v) is 5.23. The van der Waals surface area contributed by atoms with Crippen LogP contribution in [-0.2, 0) is 4.74 Å². The van der Waals surface area contributed by atoms with Gasteiger partial charge in [-0.2, -0.15) is 0 Å². The van der Waals surface area contributed by atoms with Crippen molar-refractivity contribution in [1.82, 2.24) is 0 Å². The van der Waals surface area contributed by atoms with Gasteiger partial charge in [-0.15, -0.1) is 0 Å². The third kappa shape index (κ3) is 5.68. The van der Waals surface area contributed by atoms with E-state index in [1.807, 2.05) is 0 Å². The summed E-state index contributed by atoms with van der Waals surface area (Å²) in [6, 6.07) is 0. The molecule has 0 aromatic rings. The minimum absolute atomic E-state index is 0.379. The van der Waals surface area contributed by atoms with Crippen LogP contribution in [0.15, 0.2) is 0 Å². The van der Waals surface area contributed by atoms with Gasteiger partial charge in [0.15, 0.2) is 0 Å². The van der Waals surface area contributed by atoms with E-state index in [9.17, 15) is 0 Å². The first kappa shape index (κ1) is 11.4. The molecule has 0 aliphatic rings. The van der Waals surface area contributed by atoms with Crippen molar-refractivity contribution in [3.8, 4) is 0 Å². The van der Waals surface area contributed by atoms with Crippen LogP contribution in [-0.4, -0.2) is 18.5 Å². The highest BCUT2D eigenvalue weighted by Gasteiger charge is 2.19. The molecule has 1 atom stereocenters. The molecule has 68 valence electrons. The molecule has 11 heavy (non-hydrogen) atoms. The summed E-state index contributed by atoms with van der Waals surface area (Å²) < 4.78 is 5.22. The van der Waals surface area contributed by atoms with E-state index in [0.29, 0.717) is 11.5 Å². The molecule has 1 unspecified atom stereocenters. The largest absolute Gasteiger partial charge is 0.382 e. The third-order valence-corrected chi connectivity index (χ3v) is 2.41. The summed E-state index contributed by atoms with van der Waals surface area (Å²) in [6.45, 7) is 6.68. The summed E-state index contributed by atoms with van der Waals surface area (Å²) in [5, 5.41) is 1.08. The van der Waals surface area contributed by atoms with Crippen LogP contribution in [0.2, 0.25) is 0 Å². The molecule has 0 rings (SSSR count). The maximum absolute atomic E-state index is 5.22. The van der Waals surface area contributed by atoms with Gasteiger partial charge in [0, 0.05) is 12.4 Å². The molecule has 0 saturated carbocycles. The number of ether oxygens (including phenoxy) is 1. The van der Waals surface area contributed by atoms with E-state index < -0.39 is 0 Å². The third-order valence-electron chi connectivity index (χ3n) is 2.01. The average Bonchev–Trinajstić information content (AvgIpc) is 1.86. The quantitative estimate of drug-likeness (QED) is 0.650. The Morgan fingerprint density at radius 2 is 2.00 bits per heavy atom. The first-order valence-electron chi connectivity index (χ1n) is 4.10. The fourth-order valence-electron chi connectivity index (χ4n) is 1.22. The van der Waals surface area contributed by atoms with Crippen LogP contribution in [0.4, 0.5) is 0 Å². The van der Waals surface area contributed by atoms with E-state index >= 15 is 0 Å². The van der Waals surface area contributed by atoms with Gasteiger partial charge in [0.25, 0.3) is 0 Å². The predicted molar refractivity (Wildman–Crippen MR) is 53.3 cm³/mol. The zero-order valence-electron chi connectivity index (χ0n) is 7.98. The molecule has 0 amide bonds. The second-order valence-electron chi connectivity index (χ2n) is 3.85. The van der Waals surface area contributed by atoms with E-state index in [1.54, 1.807) is 7.11 Å². The van der Waals surface area contributed by atoms with Gasteiger partial charge in [-0.25, -0.2) is 0 Å². The van der Waals surface area contributed by atoms with Gasteiger partial charge in [-0.1, -0.05) is 29.8 Å². The van der Waals surface area contributed by atoms with Crippen molar-refractivity contribution in [1.29, 1.82) is 0 Å². The zero-order valence-corrected chi connectivity index (χ0v) is 9.57. The van der Waals surface area contributed by atoms with E-state index in [-0.39, 0.29) is 0 Å². The van der Waals surface area contributed by atoms with Crippen LogP contribution in [0.5, 0.6) is 0 Å². The SMILES string of the molecule is COC(C)CC(C)(C)CCBr. The van der Waals surface area contributed by atoms with Crippen molar-refractivity contribution in [3.63, 3.8) is 0 Å². The molecule has 2 heteroatoms. The highest BCUT2D eigenvalue weighted by molar-refractivity contribution is 9.09. The Kier molecular flexibility index (Phi) is 5.36. The van der Waals surface area contributed by atoms with E-state index in [0.717, 1.165) is 11.8 Å². The summed E-state index contributed by atoms with van der Waals surface area (Å²) in [5.41, 5.74) is 0.402. The first-order chi connectivity index (χ1) is 5.02. The molecule has 0 aromatic heterocycles. The second kappa shape index (κ2) is 5.15. The van der Waals surface area contributed by atoms with Gasteiger partial charge >= 0.3 is 0 Å². The normalized spacial score (nSPS) is 15.0. The van der Waals surface area contributed by atoms with Gasteiger partial charge in [-0.05, 0) is 25.2 Å². The molecule has 0 N–H and O–H groups in total. The topological polar surface area (TPSA) is 9.23 Å². The Morgan fingerprint density at radius 3 is 2.36 bits per heavy atom. The summed E-state index contributed by atoms with van der Waals surface area (Å²) in [5.74, 6) is 0. The fraction of sp³-hybridized carbons (Fsp3) is 1.00. The Hall–Kier alpha value is 0.440. The van der Waals surface area contributed by atoms with Crippen LogP contribution >= 0.6 is 15.9 Å². The van der Waals surface area contributed by atoms with Crippen molar-refractivity contribution in [3.05, 3.63) is 0 Å². The zero-order chi connectivity index (χ0) is 8.91. The van der Waals surface area contributed by atoms with Crippen LogP contribution in [0.3, 0.4) is 0 Å². The van der Waals surface area contributed by atoms with Crippen LogP contribution in [0, 0.1) is 5.41 Å². The minimum atomic E-state index is 0.379. The summed E-state index contributed by atoms with van der Waals surface area (Å²) in [6.07, 6.45) is 2.72. The molecule has 0 spiro atoms. The average molecular weight is 223 g/mol. The smallest absolute Gasteiger partial charge is 0.0548 e. The Bertz CT molecular complexity index is 102. The summed E-state index contributed by atoms with van der Waals surface area (Å²) in [4.78, 5) is 0. The van der Waals surface area contributed by atoms with Gasteiger partial charge in [0.05, 0.1) is 6.10 Å². The molecule has 0 aliphatic carbocycles. The lowest BCUT2D eigenvalue weighted by atomic mass is 9.84. The van der Waals surface area contributed by atoms with E-state index in [2.05, 4.69) is 36.7 Å². The van der Waals surface area contributed by atoms with Crippen molar-refractivity contribution < 1.29 is 4.74 Å². The molecular formula is C9H19BrO. The summed E-state index contributed by atoms with van der Waals surface area (Å²) >= 11 is 3.46. The van der Waals surface area contributed by atoms with Gasteiger partial charge < -0.3 is 4.74 Å². The van der Waals surface area contributed by atoms with Gasteiger partial charge in [0.2, 0.25) is 0 Å². The van der Waals surface area contributed by atoms with Crippen LogP contribution < -0.4 is 0 Å². The Balaban J connectivity index is 3.70. The number of hydrogen-bond donors (Lipinski definition) is 0. The lowest BCUT2D eigenvalue weighted by Gasteiger charge is -2.26. The molecule has 0 radical (unpaired) electrons. The highest BCUT2D eigenvalue weighted by Crippen LogP contribution is 2.27. The van der Waals surface area contributed by atoms with E-state index in [4.69, 9.17) is 4.74 Å². The summed E-state index contributed by atoms with van der Waals surface area (Å²) in [7, 11) is 1.77. The molecule has 0 aliphatic heterocycles. The van der Waals surface area contributed by atoms with Crippen molar-refractivity contribution >= 4 is 15.9 Å². The van der Waals surface area contributed by atoms with Crippen molar-refractivity contribution in [2.75, 3.05) is 12.4 Å². The van der Waals surface area contributed by atoms with Gasteiger partial charge in [0.1, 0.15) is 0 Å². The molecule has 0 saturated heterocycles. The minimum Gasteiger partial charge on any atom is -0.382 e. The molecule has 0 aromatic carbocycles. The Labute approximate surface area is 78.6 Å². The maximum Gasteiger partial charge on any atom is 0.0548 e. The van der Waals surface area contributed by atoms with Gasteiger partial charge in [-0.3, -0.25) is 0 Å². The number of alkyl halides is 1. The molecule has 1 nitrogen and oxygen atoms in total.